The Labute approximate surface area is 233 Å². The van der Waals surface area contributed by atoms with E-state index in [9.17, 15) is 24.0 Å². The van der Waals surface area contributed by atoms with Crippen molar-refractivity contribution in [1.29, 1.82) is 0 Å². The Kier molecular flexibility index (Phi) is 5.80. The van der Waals surface area contributed by atoms with E-state index in [-0.39, 0.29) is 44.9 Å². The first kappa shape index (κ1) is 25.1. The fraction of sp³-hybridized carbons (Fsp3) is 0. The second kappa shape index (κ2) is 9.49. The maximum atomic E-state index is 13.4. The number of carbonyl (C=O) groups is 5. The summed E-state index contributed by atoms with van der Waals surface area (Å²) in [5, 5.41) is 0. The Hall–Kier alpha value is -6.25. The molecule has 6 rings (SSSR count). The second-order valence-corrected chi connectivity index (χ2v) is 9.14. The maximum absolute atomic E-state index is 13.4. The Morgan fingerprint density at radius 2 is 1.05 bits per heavy atom. The van der Waals surface area contributed by atoms with Crippen molar-refractivity contribution in [3.63, 3.8) is 0 Å². The fourth-order valence-corrected chi connectivity index (χ4v) is 4.76. The van der Waals surface area contributed by atoms with Gasteiger partial charge in [0.05, 0.1) is 39.2 Å². The summed E-state index contributed by atoms with van der Waals surface area (Å²) < 4.78 is 5.47. The number of hydrogen-bond donors (Lipinski definition) is 0. The molecule has 2 aliphatic heterocycles. The van der Waals surface area contributed by atoms with Gasteiger partial charge in [-0.15, -0.1) is 12.8 Å². The molecule has 8 heteroatoms. The lowest BCUT2D eigenvalue weighted by Crippen LogP contribution is -2.32. The third-order valence-electron chi connectivity index (χ3n) is 6.71. The van der Waals surface area contributed by atoms with Gasteiger partial charge >= 0.3 is 5.97 Å². The van der Waals surface area contributed by atoms with Crippen molar-refractivity contribution in [3.05, 3.63) is 124 Å². The predicted octanol–water partition coefficient (Wildman–Crippen LogP) is 4.47. The minimum absolute atomic E-state index is 0.0446. The van der Waals surface area contributed by atoms with Gasteiger partial charge in [-0.3, -0.25) is 19.2 Å². The third kappa shape index (κ3) is 4.04. The molecule has 0 bridgehead atoms. The summed E-state index contributed by atoms with van der Waals surface area (Å²) in [6.07, 6.45) is 10.9. The smallest absolute Gasteiger partial charge is 0.343 e. The van der Waals surface area contributed by atoms with Crippen molar-refractivity contribution >= 4 is 41.0 Å². The third-order valence-corrected chi connectivity index (χ3v) is 6.71. The zero-order valence-corrected chi connectivity index (χ0v) is 21.1. The molecule has 0 radical (unpaired) electrons. The number of anilines is 2. The molecule has 0 unspecified atom stereocenters. The molecule has 0 aliphatic carbocycles. The molecule has 8 nitrogen and oxygen atoms in total. The highest BCUT2D eigenvalue weighted by molar-refractivity contribution is 6.36. The summed E-state index contributed by atoms with van der Waals surface area (Å²) in [7, 11) is 0. The van der Waals surface area contributed by atoms with Crippen LogP contribution in [0.15, 0.2) is 84.9 Å². The van der Waals surface area contributed by atoms with Gasteiger partial charge in [0.1, 0.15) is 5.75 Å². The predicted molar refractivity (Wildman–Crippen MR) is 149 cm³/mol. The summed E-state index contributed by atoms with van der Waals surface area (Å²) in [6, 6.07) is 21.0. The first-order valence-electron chi connectivity index (χ1n) is 12.2. The number of para-hydroxylation sites is 1. The molecule has 0 atom stereocenters. The van der Waals surface area contributed by atoms with Crippen LogP contribution in [0.3, 0.4) is 0 Å². The molecular formula is C33H16N2O6. The van der Waals surface area contributed by atoms with Crippen LogP contribution in [0.4, 0.5) is 11.4 Å². The summed E-state index contributed by atoms with van der Waals surface area (Å²) in [5.74, 6) is 1.59. The number of nitrogens with zero attached hydrogens (tertiary/aromatic N) is 2. The minimum Gasteiger partial charge on any atom is -0.423 e. The van der Waals surface area contributed by atoms with E-state index < -0.39 is 29.6 Å². The van der Waals surface area contributed by atoms with Crippen molar-refractivity contribution in [2.24, 2.45) is 0 Å². The topological polar surface area (TPSA) is 101 Å². The van der Waals surface area contributed by atoms with Crippen LogP contribution in [0.25, 0.3) is 0 Å². The number of fused-ring (bicyclic) bond motifs is 2. The number of imide groups is 2. The van der Waals surface area contributed by atoms with Crippen molar-refractivity contribution in [2.45, 2.75) is 0 Å². The highest BCUT2D eigenvalue weighted by Crippen LogP contribution is 2.36. The molecule has 4 aromatic carbocycles. The zero-order chi connectivity index (χ0) is 28.8. The standard InChI is InChI=1S/C33H16N2O6/c1-3-19-10-12-25-27(14-19)31(38)34(29(25)36)22-16-21(33(40)41-24-8-6-5-7-9-24)17-23(18-22)35-30(37)26-13-11-20(4-2)15-28(26)32(35)39/h1-2,5-18H. The Bertz CT molecular complexity index is 1830. The van der Waals surface area contributed by atoms with Gasteiger partial charge in [-0.05, 0) is 66.7 Å². The van der Waals surface area contributed by atoms with Crippen LogP contribution in [0.5, 0.6) is 5.75 Å². The van der Waals surface area contributed by atoms with Crippen molar-refractivity contribution in [2.75, 3.05) is 9.80 Å². The number of benzene rings is 4. The van der Waals surface area contributed by atoms with E-state index in [4.69, 9.17) is 17.6 Å². The van der Waals surface area contributed by atoms with E-state index in [1.807, 2.05) is 0 Å². The molecule has 194 valence electrons. The Morgan fingerprint density at radius 3 is 1.51 bits per heavy atom. The van der Waals surface area contributed by atoms with Gasteiger partial charge < -0.3 is 4.74 Å². The number of esters is 1. The highest BCUT2D eigenvalue weighted by Gasteiger charge is 2.40. The number of ether oxygens (including phenoxy) is 1. The van der Waals surface area contributed by atoms with E-state index in [2.05, 4.69) is 11.8 Å². The van der Waals surface area contributed by atoms with Crippen LogP contribution in [-0.2, 0) is 0 Å². The van der Waals surface area contributed by atoms with Crippen molar-refractivity contribution in [1.82, 2.24) is 0 Å². The lowest BCUT2D eigenvalue weighted by Gasteiger charge is -2.20. The summed E-state index contributed by atoms with van der Waals surface area (Å²) in [6.45, 7) is 0. The fourth-order valence-electron chi connectivity index (χ4n) is 4.76. The molecule has 0 spiro atoms. The first-order chi connectivity index (χ1) is 19.8. The molecule has 4 amide bonds. The van der Waals surface area contributed by atoms with Crippen molar-refractivity contribution in [3.8, 4) is 30.4 Å². The molecule has 0 saturated carbocycles. The van der Waals surface area contributed by atoms with Gasteiger partial charge in [0.25, 0.3) is 23.6 Å². The molecule has 2 aliphatic rings. The lowest BCUT2D eigenvalue weighted by molar-refractivity contribution is 0.0732. The Morgan fingerprint density at radius 1 is 0.585 bits per heavy atom. The van der Waals surface area contributed by atoms with Crippen LogP contribution in [0, 0.1) is 24.7 Å². The van der Waals surface area contributed by atoms with Gasteiger partial charge in [-0.1, -0.05) is 30.0 Å². The number of terminal acetylenes is 2. The molecule has 0 fully saturated rings. The summed E-state index contributed by atoms with van der Waals surface area (Å²) in [5.41, 5.74) is 1.04. The van der Waals surface area contributed by atoms with Crippen molar-refractivity contribution < 1.29 is 28.7 Å². The van der Waals surface area contributed by atoms with E-state index in [1.165, 1.54) is 54.6 Å². The maximum Gasteiger partial charge on any atom is 0.343 e. The average Bonchev–Trinajstić information content (AvgIpc) is 3.40. The molecular weight excluding hydrogens is 520 g/mol. The average molecular weight is 536 g/mol. The highest BCUT2D eigenvalue weighted by atomic mass is 16.5. The molecule has 0 saturated heterocycles. The van der Waals surface area contributed by atoms with E-state index in [1.54, 1.807) is 30.3 Å². The monoisotopic (exact) mass is 536 g/mol. The van der Waals surface area contributed by atoms with Gasteiger partial charge in [0.2, 0.25) is 0 Å². The number of hydrogen-bond acceptors (Lipinski definition) is 6. The molecule has 0 N–H and O–H groups in total. The van der Waals surface area contributed by atoms with E-state index in [0.717, 1.165) is 9.80 Å². The number of rotatable bonds is 4. The molecule has 0 aromatic heterocycles. The molecule has 2 heterocycles. The van der Waals surface area contributed by atoms with E-state index >= 15 is 0 Å². The van der Waals surface area contributed by atoms with Crippen LogP contribution in [-0.4, -0.2) is 29.6 Å². The largest absolute Gasteiger partial charge is 0.423 e. The zero-order valence-electron chi connectivity index (χ0n) is 21.1. The van der Waals surface area contributed by atoms with Gasteiger partial charge in [-0.2, -0.15) is 0 Å². The molecule has 41 heavy (non-hydrogen) atoms. The van der Waals surface area contributed by atoms with Crippen LogP contribution in [0.1, 0.15) is 62.9 Å². The Balaban J connectivity index is 1.47. The summed E-state index contributed by atoms with van der Waals surface area (Å²) in [4.78, 5) is 68.5. The van der Waals surface area contributed by atoms with Crippen LogP contribution in [0.2, 0.25) is 0 Å². The number of amides is 4. The second-order valence-electron chi connectivity index (χ2n) is 9.14. The quantitative estimate of drug-likeness (QED) is 0.165. The normalized spacial score (nSPS) is 13.5. The van der Waals surface area contributed by atoms with E-state index in [0.29, 0.717) is 11.1 Å². The first-order valence-corrected chi connectivity index (χ1v) is 12.2. The van der Waals surface area contributed by atoms with Crippen LogP contribution < -0.4 is 14.5 Å². The molecule has 4 aromatic rings. The van der Waals surface area contributed by atoms with Gasteiger partial charge in [0.15, 0.2) is 0 Å². The summed E-state index contributed by atoms with van der Waals surface area (Å²) >= 11 is 0. The SMILES string of the molecule is C#Cc1ccc2c(c1)C(=O)N(c1cc(C(=O)Oc3ccccc3)cc(N3C(=O)c4ccc(C#C)cc4C3=O)c1)C2=O. The number of carbonyl (C=O) groups excluding carboxylic acids is 5. The van der Waals surface area contributed by atoms with Gasteiger partial charge in [0, 0.05) is 11.1 Å². The van der Waals surface area contributed by atoms with Crippen LogP contribution >= 0.6 is 0 Å². The lowest BCUT2D eigenvalue weighted by atomic mass is 10.1. The minimum atomic E-state index is -0.836. The van der Waals surface area contributed by atoms with Gasteiger partial charge in [-0.25, -0.2) is 14.6 Å².